The fourth-order valence-electron chi connectivity index (χ4n) is 4.05. The van der Waals surface area contributed by atoms with Gasteiger partial charge in [0.1, 0.15) is 0 Å². The largest absolute Gasteiger partial charge is 0.377 e. The number of hydrogen-bond donors (Lipinski definition) is 1. The first-order chi connectivity index (χ1) is 9.43. The molecule has 3 unspecified atom stereocenters. The summed E-state index contributed by atoms with van der Waals surface area (Å²) in [6, 6.07) is 5.01. The lowest BCUT2D eigenvalue weighted by atomic mass is 9.55. The van der Waals surface area contributed by atoms with Crippen LogP contribution in [-0.2, 0) is 10.2 Å². The number of fused-ring (bicyclic) bond motifs is 1. The van der Waals surface area contributed by atoms with Crippen LogP contribution in [0.5, 0.6) is 0 Å². The lowest BCUT2D eigenvalue weighted by Crippen LogP contribution is -2.70. The minimum atomic E-state index is 0.213. The smallest absolute Gasteiger partial charge is 0.0684 e. The first-order valence-electron chi connectivity index (χ1n) is 7.82. The zero-order chi connectivity index (χ0) is 14.4. The molecule has 20 heavy (non-hydrogen) atoms. The molecule has 3 atom stereocenters. The number of thiophene rings is 1. The van der Waals surface area contributed by atoms with E-state index in [-0.39, 0.29) is 10.8 Å². The molecule has 1 saturated carbocycles. The number of ether oxygens (including phenoxy) is 1. The van der Waals surface area contributed by atoms with Crippen molar-refractivity contribution in [3.8, 4) is 0 Å². The van der Waals surface area contributed by atoms with Crippen molar-refractivity contribution in [3.05, 3.63) is 22.4 Å². The Bertz CT molecular complexity index is 452. The predicted octanol–water partition coefficient (Wildman–Crippen LogP) is 3.82. The number of nitrogens with one attached hydrogen (secondary N) is 1. The van der Waals surface area contributed by atoms with Gasteiger partial charge in [-0.2, -0.15) is 0 Å². The molecule has 1 aromatic rings. The van der Waals surface area contributed by atoms with Gasteiger partial charge in [0, 0.05) is 40.8 Å². The molecule has 3 heteroatoms. The second-order valence-corrected chi connectivity index (χ2v) is 8.59. The van der Waals surface area contributed by atoms with E-state index in [0.717, 1.165) is 19.1 Å². The van der Waals surface area contributed by atoms with E-state index in [9.17, 15) is 0 Å². The van der Waals surface area contributed by atoms with Gasteiger partial charge in [-0.25, -0.2) is 0 Å². The summed E-state index contributed by atoms with van der Waals surface area (Å²) in [7, 11) is 0. The van der Waals surface area contributed by atoms with E-state index in [1.807, 2.05) is 11.3 Å². The molecule has 1 aliphatic heterocycles. The minimum Gasteiger partial charge on any atom is -0.377 e. The highest BCUT2D eigenvalue weighted by atomic mass is 32.1. The summed E-state index contributed by atoms with van der Waals surface area (Å²) in [5.41, 5.74) is 0.488. The molecule has 0 radical (unpaired) electrons. The summed E-state index contributed by atoms with van der Waals surface area (Å²) < 4.78 is 5.99. The molecule has 0 aromatic carbocycles. The zero-order valence-electron chi connectivity index (χ0n) is 13.1. The second-order valence-electron chi connectivity index (χ2n) is 7.64. The molecule has 2 fully saturated rings. The molecular formula is C17H27NOS. The molecule has 1 aromatic heterocycles. The lowest BCUT2D eigenvalue weighted by Gasteiger charge is -2.60. The van der Waals surface area contributed by atoms with Gasteiger partial charge in [0.2, 0.25) is 0 Å². The van der Waals surface area contributed by atoms with Crippen LogP contribution in [0.1, 0.15) is 45.4 Å². The molecule has 3 rings (SSSR count). The maximum atomic E-state index is 5.99. The Labute approximate surface area is 126 Å². The summed E-state index contributed by atoms with van der Waals surface area (Å²) in [5.74, 6) is 0.720. The average molecular weight is 293 g/mol. The van der Waals surface area contributed by atoms with Crippen molar-refractivity contribution in [2.45, 2.75) is 58.1 Å². The standard InChI is InChI=1S/C17H27NOS/c1-16(2,13-8-6-10-20-13)11-18-14-12-7-5-9-19-15(12)17(14,3)4/h6,8,10,12,14-15,18H,5,7,9,11H2,1-4H3. The second kappa shape index (κ2) is 5.11. The first-order valence-corrected chi connectivity index (χ1v) is 8.70. The van der Waals surface area contributed by atoms with Crippen LogP contribution in [0.15, 0.2) is 17.5 Å². The third-order valence-corrected chi connectivity index (χ3v) is 6.52. The number of hydrogen-bond acceptors (Lipinski definition) is 3. The summed E-state index contributed by atoms with van der Waals surface area (Å²) in [6.45, 7) is 11.4. The maximum Gasteiger partial charge on any atom is 0.0684 e. The third-order valence-electron chi connectivity index (χ3n) is 5.28. The fourth-order valence-corrected chi connectivity index (χ4v) is 4.90. The molecule has 2 nitrogen and oxygen atoms in total. The third kappa shape index (κ3) is 2.34. The van der Waals surface area contributed by atoms with Crippen molar-refractivity contribution in [1.82, 2.24) is 5.32 Å². The monoisotopic (exact) mass is 293 g/mol. The van der Waals surface area contributed by atoms with Gasteiger partial charge in [0.25, 0.3) is 0 Å². The van der Waals surface area contributed by atoms with Crippen LogP contribution in [0.4, 0.5) is 0 Å². The summed E-state index contributed by atoms with van der Waals surface area (Å²) in [4.78, 5) is 1.47. The van der Waals surface area contributed by atoms with Crippen LogP contribution in [0.2, 0.25) is 0 Å². The lowest BCUT2D eigenvalue weighted by molar-refractivity contribution is -0.193. The summed E-state index contributed by atoms with van der Waals surface area (Å²) >= 11 is 1.87. The highest BCUT2D eigenvalue weighted by Gasteiger charge is 2.57. The molecule has 0 amide bonds. The maximum absolute atomic E-state index is 5.99. The van der Waals surface area contributed by atoms with Crippen LogP contribution in [0.3, 0.4) is 0 Å². The van der Waals surface area contributed by atoms with Crippen LogP contribution >= 0.6 is 11.3 Å². The molecule has 2 heterocycles. The Kier molecular flexibility index (Phi) is 3.72. The molecule has 1 N–H and O–H groups in total. The van der Waals surface area contributed by atoms with Gasteiger partial charge >= 0.3 is 0 Å². The van der Waals surface area contributed by atoms with Gasteiger partial charge in [0.05, 0.1) is 6.10 Å². The highest BCUT2D eigenvalue weighted by Crippen LogP contribution is 2.51. The van der Waals surface area contributed by atoms with Crippen LogP contribution in [0.25, 0.3) is 0 Å². The topological polar surface area (TPSA) is 21.3 Å². The van der Waals surface area contributed by atoms with E-state index in [0.29, 0.717) is 12.1 Å². The van der Waals surface area contributed by atoms with Gasteiger partial charge in [-0.3, -0.25) is 0 Å². The van der Waals surface area contributed by atoms with Crippen molar-refractivity contribution < 1.29 is 4.74 Å². The first kappa shape index (κ1) is 14.6. The van der Waals surface area contributed by atoms with E-state index < -0.39 is 0 Å². The Balaban J connectivity index is 1.63. The van der Waals surface area contributed by atoms with E-state index in [1.54, 1.807) is 0 Å². The van der Waals surface area contributed by atoms with Crippen molar-refractivity contribution in [2.24, 2.45) is 11.3 Å². The Hall–Kier alpha value is -0.380. The van der Waals surface area contributed by atoms with Gasteiger partial charge in [-0.15, -0.1) is 11.3 Å². The van der Waals surface area contributed by atoms with Crippen LogP contribution in [0, 0.1) is 11.3 Å². The Morgan fingerprint density at radius 3 is 2.95 bits per heavy atom. The summed E-state index contributed by atoms with van der Waals surface area (Å²) in [6.07, 6.45) is 3.02. The molecule has 112 valence electrons. The van der Waals surface area contributed by atoms with E-state index >= 15 is 0 Å². The van der Waals surface area contributed by atoms with Crippen LogP contribution in [-0.4, -0.2) is 25.3 Å². The van der Waals surface area contributed by atoms with Gasteiger partial charge < -0.3 is 10.1 Å². The van der Waals surface area contributed by atoms with Gasteiger partial charge in [-0.05, 0) is 24.3 Å². The van der Waals surface area contributed by atoms with Gasteiger partial charge in [-0.1, -0.05) is 33.8 Å². The number of rotatable bonds is 4. The minimum absolute atomic E-state index is 0.213. The average Bonchev–Trinajstić information content (AvgIpc) is 2.93. The molecule has 1 saturated heterocycles. The van der Waals surface area contributed by atoms with Crippen molar-refractivity contribution in [3.63, 3.8) is 0 Å². The molecule has 1 aliphatic carbocycles. The molecule has 0 bridgehead atoms. The van der Waals surface area contributed by atoms with E-state index in [2.05, 4.69) is 50.5 Å². The molecular weight excluding hydrogens is 266 g/mol. The van der Waals surface area contributed by atoms with E-state index in [4.69, 9.17) is 4.74 Å². The molecule has 0 spiro atoms. The van der Waals surface area contributed by atoms with Crippen molar-refractivity contribution >= 4 is 11.3 Å². The Morgan fingerprint density at radius 2 is 2.25 bits per heavy atom. The SMILES string of the molecule is CC(C)(CNC1C2CCCOC2C1(C)C)c1cccs1. The van der Waals surface area contributed by atoms with Gasteiger partial charge in [0.15, 0.2) is 0 Å². The molecule has 2 aliphatic rings. The van der Waals surface area contributed by atoms with Crippen molar-refractivity contribution in [1.29, 1.82) is 0 Å². The highest BCUT2D eigenvalue weighted by molar-refractivity contribution is 7.10. The fraction of sp³-hybridized carbons (Fsp3) is 0.765. The van der Waals surface area contributed by atoms with Crippen LogP contribution < -0.4 is 5.32 Å². The van der Waals surface area contributed by atoms with Crippen molar-refractivity contribution in [2.75, 3.05) is 13.2 Å². The Morgan fingerprint density at radius 1 is 1.45 bits per heavy atom. The quantitative estimate of drug-likeness (QED) is 0.911. The zero-order valence-corrected chi connectivity index (χ0v) is 13.9. The normalized spacial score (nSPS) is 32.5. The predicted molar refractivity (Wildman–Crippen MR) is 85.4 cm³/mol. The summed E-state index contributed by atoms with van der Waals surface area (Å²) in [5, 5.41) is 6.04. The van der Waals surface area contributed by atoms with E-state index in [1.165, 1.54) is 17.7 Å².